The Morgan fingerprint density at radius 1 is 1.47 bits per heavy atom. The predicted octanol–water partition coefficient (Wildman–Crippen LogP) is 3.28. The van der Waals surface area contributed by atoms with Crippen molar-refractivity contribution in [3.8, 4) is 0 Å². The molecule has 2 nitrogen and oxygen atoms in total. The number of halogens is 1. The number of anilines is 1. The van der Waals surface area contributed by atoms with E-state index < -0.39 is 0 Å². The van der Waals surface area contributed by atoms with Gasteiger partial charge in [0, 0.05) is 16.3 Å². The van der Waals surface area contributed by atoms with E-state index in [0.29, 0.717) is 5.13 Å². The lowest BCUT2D eigenvalue weighted by atomic mass is 10.1. The highest BCUT2D eigenvalue weighted by molar-refractivity contribution is 7.15. The van der Waals surface area contributed by atoms with Gasteiger partial charge in [0.1, 0.15) is 0 Å². The molecule has 0 unspecified atom stereocenters. The van der Waals surface area contributed by atoms with Crippen LogP contribution in [-0.2, 0) is 6.42 Å². The molecule has 2 aromatic rings. The number of nitrogens with two attached hydrogens (primary N) is 1. The second-order valence-corrected chi connectivity index (χ2v) is 4.92. The average molecular weight is 239 g/mol. The van der Waals surface area contributed by atoms with Crippen LogP contribution in [-0.4, -0.2) is 4.98 Å². The van der Waals surface area contributed by atoms with Crippen LogP contribution in [0.2, 0.25) is 5.02 Å². The number of aryl methyl sites for hydroxylation is 1. The summed E-state index contributed by atoms with van der Waals surface area (Å²) in [6.07, 6.45) is 0.848. The number of nitrogen functional groups attached to an aromatic ring is 1. The van der Waals surface area contributed by atoms with Crippen molar-refractivity contribution in [2.45, 2.75) is 13.3 Å². The molecule has 0 aliphatic rings. The Hall–Kier alpha value is -1.06. The minimum atomic E-state index is 0.629. The molecule has 0 saturated heterocycles. The third-order valence-corrected chi connectivity index (χ3v) is 3.38. The van der Waals surface area contributed by atoms with Crippen LogP contribution < -0.4 is 5.73 Å². The Morgan fingerprint density at radius 2 is 2.27 bits per heavy atom. The SMILES string of the molecule is Cc1nc(N)sc1Cc1cccc(Cl)c1. The molecule has 0 radical (unpaired) electrons. The zero-order chi connectivity index (χ0) is 10.8. The Kier molecular flexibility index (Phi) is 2.93. The number of hydrogen-bond acceptors (Lipinski definition) is 3. The molecule has 4 heteroatoms. The van der Waals surface area contributed by atoms with Crippen LogP contribution in [0.4, 0.5) is 5.13 Å². The fraction of sp³-hybridized carbons (Fsp3) is 0.182. The van der Waals surface area contributed by atoms with Crippen molar-refractivity contribution in [1.29, 1.82) is 0 Å². The first kappa shape index (κ1) is 10.5. The predicted molar refractivity (Wildman–Crippen MR) is 65.5 cm³/mol. The Labute approximate surface area is 97.7 Å². The average Bonchev–Trinajstić information content (AvgIpc) is 2.45. The fourth-order valence-corrected chi connectivity index (χ4v) is 2.53. The Morgan fingerprint density at radius 3 is 2.87 bits per heavy atom. The van der Waals surface area contributed by atoms with E-state index in [-0.39, 0.29) is 0 Å². The summed E-state index contributed by atoms with van der Waals surface area (Å²) < 4.78 is 0. The van der Waals surface area contributed by atoms with Gasteiger partial charge in [-0.15, -0.1) is 11.3 Å². The molecule has 0 spiro atoms. The van der Waals surface area contributed by atoms with Crippen molar-refractivity contribution in [2.24, 2.45) is 0 Å². The van der Waals surface area contributed by atoms with E-state index in [9.17, 15) is 0 Å². The highest BCUT2D eigenvalue weighted by Gasteiger charge is 2.06. The molecule has 2 N–H and O–H groups in total. The van der Waals surface area contributed by atoms with Crippen LogP contribution >= 0.6 is 22.9 Å². The van der Waals surface area contributed by atoms with Gasteiger partial charge in [-0.25, -0.2) is 4.98 Å². The molecule has 2 rings (SSSR count). The van der Waals surface area contributed by atoms with Crippen molar-refractivity contribution < 1.29 is 0 Å². The van der Waals surface area contributed by atoms with E-state index >= 15 is 0 Å². The first-order valence-electron chi connectivity index (χ1n) is 4.61. The van der Waals surface area contributed by atoms with Crippen LogP contribution in [0.15, 0.2) is 24.3 Å². The molecule has 0 saturated carbocycles. The highest BCUT2D eigenvalue weighted by Crippen LogP contribution is 2.23. The molecule has 78 valence electrons. The Bertz CT molecular complexity index is 479. The van der Waals surface area contributed by atoms with Gasteiger partial charge in [-0.3, -0.25) is 0 Å². The van der Waals surface area contributed by atoms with Crippen LogP contribution in [0.5, 0.6) is 0 Å². The van der Waals surface area contributed by atoms with Crippen LogP contribution in [0.25, 0.3) is 0 Å². The molecule has 0 amide bonds. The van der Waals surface area contributed by atoms with E-state index in [1.54, 1.807) is 0 Å². The summed E-state index contributed by atoms with van der Waals surface area (Å²) in [5.41, 5.74) is 7.84. The smallest absolute Gasteiger partial charge is 0.180 e. The molecule has 0 bridgehead atoms. The van der Waals surface area contributed by atoms with Gasteiger partial charge >= 0.3 is 0 Å². The molecule has 1 aromatic carbocycles. The van der Waals surface area contributed by atoms with Gasteiger partial charge in [0.2, 0.25) is 0 Å². The second kappa shape index (κ2) is 4.21. The minimum absolute atomic E-state index is 0.629. The molecule has 0 aliphatic heterocycles. The maximum absolute atomic E-state index is 5.92. The van der Waals surface area contributed by atoms with Gasteiger partial charge in [-0.1, -0.05) is 23.7 Å². The molecule has 0 aliphatic carbocycles. The number of aromatic nitrogens is 1. The lowest BCUT2D eigenvalue weighted by Crippen LogP contribution is -1.87. The normalized spacial score (nSPS) is 10.5. The first-order chi connectivity index (χ1) is 7.15. The summed E-state index contributed by atoms with van der Waals surface area (Å²) in [6, 6.07) is 7.86. The third-order valence-electron chi connectivity index (χ3n) is 2.16. The molecule has 1 aromatic heterocycles. The summed E-state index contributed by atoms with van der Waals surface area (Å²) in [4.78, 5) is 5.40. The lowest BCUT2D eigenvalue weighted by molar-refractivity contribution is 1.15. The van der Waals surface area contributed by atoms with E-state index in [4.69, 9.17) is 17.3 Å². The van der Waals surface area contributed by atoms with Crippen LogP contribution in [0, 0.1) is 6.92 Å². The maximum Gasteiger partial charge on any atom is 0.180 e. The van der Waals surface area contributed by atoms with Gasteiger partial charge in [0.05, 0.1) is 5.69 Å². The van der Waals surface area contributed by atoms with Gasteiger partial charge in [0.25, 0.3) is 0 Å². The summed E-state index contributed by atoms with van der Waals surface area (Å²) in [7, 11) is 0. The number of rotatable bonds is 2. The molecule has 1 heterocycles. The van der Waals surface area contributed by atoms with E-state index in [1.165, 1.54) is 21.8 Å². The molecular weight excluding hydrogens is 228 g/mol. The highest BCUT2D eigenvalue weighted by atomic mass is 35.5. The van der Waals surface area contributed by atoms with Gasteiger partial charge < -0.3 is 5.73 Å². The number of benzene rings is 1. The van der Waals surface area contributed by atoms with Crippen LogP contribution in [0.3, 0.4) is 0 Å². The molecule has 0 atom stereocenters. The Balaban J connectivity index is 2.25. The fourth-order valence-electron chi connectivity index (χ4n) is 1.45. The van der Waals surface area contributed by atoms with Crippen molar-refractivity contribution in [1.82, 2.24) is 4.98 Å². The van der Waals surface area contributed by atoms with E-state index in [1.807, 2.05) is 25.1 Å². The van der Waals surface area contributed by atoms with Crippen molar-refractivity contribution in [3.63, 3.8) is 0 Å². The number of nitrogens with zero attached hydrogens (tertiary/aromatic N) is 1. The summed E-state index contributed by atoms with van der Waals surface area (Å²) >= 11 is 7.46. The summed E-state index contributed by atoms with van der Waals surface area (Å²) in [5.74, 6) is 0. The quantitative estimate of drug-likeness (QED) is 0.872. The van der Waals surface area contributed by atoms with Crippen molar-refractivity contribution in [3.05, 3.63) is 45.4 Å². The summed E-state index contributed by atoms with van der Waals surface area (Å²) in [5, 5.41) is 1.40. The zero-order valence-electron chi connectivity index (χ0n) is 8.33. The number of thiazole rings is 1. The summed E-state index contributed by atoms with van der Waals surface area (Å²) in [6.45, 7) is 1.98. The van der Waals surface area contributed by atoms with E-state index in [2.05, 4.69) is 11.1 Å². The van der Waals surface area contributed by atoms with Crippen molar-refractivity contribution >= 4 is 28.1 Å². The van der Waals surface area contributed by atoms with Gasteiger partial charge in [0.15, 0.2) is 5.13 Å². The number of hydrogen-bond donors (Lipinski definition) is 1. The zero-order valence-corrected chi connectivity index (χ0v) is 9.90. The van der Waals surface area contributed by atoms with Gasteiger partial charge in [-0.2, -0.15) is 0 Å². The second-order valence-electron chi connectivity index (χ2n) is 3.37. The first-order valence-corrected chi connectivity index (χ1v) is 5.81. The van der Waals surface area contributed by atoms with E-state index in [0.717, 1.165) is 17.1 Å². The standard InChI is InChI=1S/C11H11ClN2S/c1-7-10(15-11(13)14-7)6-8-3-2-4-9(12)5-8/h2-5H,6H2,1H3,(H2,13,14). The lowest BCUT2D eigenvalue weighted by Gasteiger charge is -1.99. The molecule has 0 fully saturated rings. The third kappa shape index (κ3) is 2.49. The minimum Gasteiger partial charge on any atom is -0.375 e. The molecular formula is C11H11ClN2S. The van der Waals surface area contributed by atoms with Crippen molar-refractivity contribution in [2.75, 3.05) is 5.73 Å². The van der Waals surface area contributed by atoms with Gasteiger partial charge in [-0.05, 0) is 24.6 Å². The molecule has 15 heavy (non-hydrogen) atoms. The topological polar surface area (TPSA) is 38.9 Å². The largest absolute Gasteiger partial charge is 0.375 e. The van der Waals surface area contributed by atoms with Crippen LogP contribution in [0.1, 0.15) is 16.1 Å². The monoisotopic (exact) mass is 238 g/mol. The maximum atomic E-state index is 5.92.